The average Bonchev–Trinajstić information content (AvgIpc) is 2.99. The molecule has 0 bridgehead atoms. The largest absolute Gasteiger partial charge is 0.497 e. The molecule has 0 fully saturated rings. The van der Waals surface area contributed by atoms with Gasteiger partial charge >= 0.3 is 0 Å². The lowest BCUT2D eigenvalue weighted by atomic mass is 10.3. The summed E-state index contributed by atoms with van der Waals surface area (Å²) in [4.78, 5) is 22.0. The summed E-state index contributed by atoms with van der Waals surface area (Å²) >= 11 is 2.57. The van der Waals surface area contributed by atoms with Crippen molar-refractivity contribution >= 4 is 45.7 Å². The van der Waals surface area contributed by atoms with E-state index in [1.165, 1.54) is 23.1 Å². The van der Waals surface area contributed by atoms with Gasteiger partial charge in [0.05, 0.1) is 19.4 Å². The minimum atomic E-state index is -0.578. The maximum absolute atomic E-state index is 11.5. The third kappa shape index (κ3) is 5.75. The number of anilines is 2. The Bertz CT molecular complexity index is 675. The number of hydrogen-bond acceptors (Lipinski definition) is 8. The first-order valence-corrected chi connectivity index (χ1v) is 8.29. The van der Waals surface area contributed by atoms with Crippen molar-refractivity contribution in [3.05, 3.63) is 24.3 Å². The molecule has 1 aromatic carbocycles. The van der Waals surface area contributed by atoms with Crippen LogP contribution in [-0.4, -0.2) is 41.4 Å². The van der Waals surface area contributed by atoms with Gasteiger partial charge in [-0.05, 0) is 24.3 Å². The van der Waals surface area contributed by atoms with Crippen molar-refractivity contribution in [1.29, 1.82) is 0 Å². The molecule has 0 saturated heterocycles. The van der Waals surface area contributed by atoms with Crippen LogP contribution >= 0.6 is 23.1 Å². The number of methoxy groups -OCH3 is 1. The molecule has 23 heavy (non-hydrogen) atoms. The predicted molar refractivity (Wildman–Crippen MR) is 89.1 cm³/mol. The molecular weight excluding hydrogens is 338 g/mol. The van der Waals surface area contributed by atoms with E-state index >= 15 is 0 Å². The maximum Gasteiger partial charge on any atom is 0.236 e. The Hall–Kier alpha value is -2.33. The van der Waals surface area contributed by atoms with Crippen LogP contribution in [0.2, 0.25) is 0 Å². The SMILES string of the molecule is COc1ccc(Nc2nnc(SCC(=O)NCC(N)=O)s2)cc1. The molecule has 2 rings (SSSR count). The number of hydrogen-bond donors (Lipinski definition) is 3. The second kappa shape index (κ2) is 8.34. The van der Waals surface area contributed by atoms with Crippen molar-refractivity contribution < 1.29 is 14.3 Å². The number of rotatable bonds is 8. The number of aromatic nitrogens is 2. The van der Waals surface area contributed by atoms with Crippen LogP contribution < -0.4 is 21.1 Å². The molecule has 0 aliphatic carbocycles. The van der Waals surface area contributed by atoms with Gasteiger partial charge in [-0.3, -0.25) is 9.59 Å². The molecule has 0 radical (unpaired) electrons. The monoisotopic (exact) mass is 353 g/mol. The zero-order valence-electron chi connectivity index (χ0n) is 12.2. The van der Waals surface area contributed by atoms with Gasteiger partial charge in [0, 0.05) is 5.69 Å². The highest BCUT2D eigenvalue weighted by Crippen LogP contribution is 2.28. The molecule has 0 aliphatic rings. The highest BCUT2D eigenvalue weighted by Gasteiger charge is 2.09. The first-order chi connectivity index (χ1) is 11.1. The molecule has 0 spiro atoms. The number of ether oxygens (including phenoxy) is 1. The van der Waals surface area contributed by atoms with Crippen LogP contribution in [0.4, 0.5) is 10.8 Å². The molecule has 2 amide bonds. The summed E-state index contributed by atoms with van der Waals surface area (Å²) in [5.41, 5.74) is 5.80. The number of nitrogens with two attached hydrogens (primary N) is 1. The third-order valence-electron chi connectivity index (χ3n) is 2.53. The molecule has 8 nitrogen and oxygen atoms in total. The summed E-state index contributed by atoms with van der Waals surface area (Å²) < 4.78 is 5.74. The number of nitrogens with one attached hydrogen (secondary N) is 2. The van der Waals surface area contributed by atoms with E-state index in [4.69, 9.17) is 10.5 Å². The summed E-state index contributed by atoms with van der Waals surface area (Å²) in [5.74, 6) is 0.0507. The summed E-state index contributed by atoms with van der Waals surface area (Å²) in [6.45, 7) is -0.167. The van der Waals surface area contributed by atoms with Gasteiger partial charge in [0.2, 0.25) is 16.9 Å². The van der Waals surface area contributed by atoms with E-state index in [0.717, 1.165) is 11.4 Å². The van der Waals surface area contributed by atoms with E-state index in [2.05, 4.69) is 20.8 Å². The van der Waals surface area contributed by atoms with E-state index in [0.29, 0.717) is 9.47 Å². The minimum Gasteiger partial charge on any atom is -0.497 e. The van der Waals surface area contributed by atoms with Gasteiger partial charge in [0.25, 0.3) is 0 Å². The summed E-state index contributed by atoms with van der Waals surface area (Å²) in [7, 11) is 1.61. The number of thioether (sulfide) groups is 1. The smallest absolute Gasteiger partial charge is 0.236 e. The lowest BCUT2D eigenvalue weighted by molar-refractivity contribution is -0.123. The molecule has 2 aromatic rings. The quantitative estimate of drug-likeness (QED) is 0.605. The number of carbonyl (C=O) groups is 2. The zero-order chi connectivity index (χ0) is 16.7. The number of amides is 2. The second-order valence-electron chi connectivity index (χ2n) is 4.26. The van der Waals surface area contributed by atoms with Gasteiger partial charge in [0.1, 0.15) is 5.75 Å². The highest BCUT2D eigenvalue weighted by atomic mass is 32.2. The minimum absolute atomic E-state index is 0.143. The summed E-state index contributed by atoms with van der Waals surface area (Å²) in [6, 6.07) is 7.40. The van der Waals surface area contributed by atoms with Gasteiger partial charge in [-0.25, -0.2) is 0 Å². The van der Waals surface area contributed by atoms with E-state index < -0.39 is 5.91 Å². The van der Waals surface area contributed by atoms with Crippen LogP contribution in [0.3, 0.4) is 0 Å². The lowest BCUT2D eigenvalue weighted by Gasteiger charge is -2.03. The lowest BCUT2D eigenvalue weighted by Crippen LogP contribution is -2.34. The average molecular weight is 353 g/mol. The van der Waals surface area contributed by atoms with Crippen molar-refractivity contribution in [3.63, 3.8) is 0 Å². The normalized spacial score (nSPS) is 10.1. The third-order valence-corrected chi connectivity index (χ3v) is 4.51. The van der Waals surface area contributed by atoms with Gasteiger partial charge in [-0.1, -0.05) is 23.1 Å². The topological polar surface area (TPSA) is 119 Å². The zero-order valence-corrected chi connectivity index (χ0v) is 13.9. The van der Waals surface area contributed by atoms with E-state index in [1.807, 2.05) is 24.3 Å². The number of primary amides is 1. The highest BCUT2D eigenvalue weighted by molar-refractivity contribution is 8.01. The summed E-state index contributed by atoms with van der Waals surface area (Å²) in [6.07, 6.45) is 0. The Morgan fingerprint density at radius 2 is 2.04 bits per heavy atom. The molecule has 1 aromatic heterocycles. The first-order valence-electron chi connectivity index (χ1n) is 6.49. The van der Waals surface area contributed by atoms with E-state index in [9.17, 15) is 9.59 Å². The van der Waals surface area contributed by atoms with Gasteiger partial charge in [0.15, 0.2) is 4.34 Å². The van der Waals surface area contributed by atoms with Gasteiger partial charge in [-0.2, -0.15) is 0 Å². The maximum atomic E-state index is 11.5. The fourth-order valence-electron chi connectivity index (χ4n) is 1.48. The molecule has 122 valence electrons. The molecular formula is C13H15N5O3S2. The van der Waals surface area contributed by atoms with Crippen LogP contribution in [0.15, 0.2) is 28.6 Å². The van der Waals surface area contributed by atoms with Crippen molar-refractivity contribution in [2.75, 3.05) is 24.7 Å². The number of nitrogens with zero attached hydrogens (tertiary/aromatic N) is 2. The number of carbonyl (C=O) groups excluding carboxylic acids is 2. The first kappa shape index (κ1) is 17.0. The van der Waals surface area contributed by atoms with Crippen molar-refractivity contribution in [2.24, 2.45) is 5.73 Å². The Morgan fingerprint density at radius 3 is 2.70 bits per heavy atom. The fraction of sp³-hybridized carbons (Fsp3) is 0.231. The molecule has 4 N–H and O–H groups in total. The summed E-state index contributed by atoms with van der Waals surface area (Å²) in [5, 5.41) is 14.1. The number of benzene rings is 1. The van der Waals surface area contributed by atoms with Crippen LogP contribution in [-0.2, 0) is 9.59 Å². The van der Waals surface area contributed by atoms with Gasteiger partial charge in [-0.15, -0.1) is 10.2 Å². The molecule has 0 atom stereocenters. The van der Waals surface area contributed by atoms with Crippen molar-refractivity contribution in [2.45, 2.75) is 4.34 Å². The van der Waals surface area contributed by atoms with Crippen LogP contribution in [0.5, 0.6) is 5.75 Å². The molecule has 0 unspecified atom stereocenters. The van der Waals surface area contributed by atoms with Crippen LogP contribution in [0.25, 0.3) is 0 Å². The van der Waals surface area contributed by atoms with E-state index in [1.54, 1.807) is 7.11 Å². The second-order valence-corrected chi connectivity index (χ2v) is 6.46. The molecule has 10 heteroatoms. The van der Waals surface area contributed by atoms with Crippen molar-refractivity contribution in [1.82, 2.24) is 15.5 Å². The Balaban J connectivity index is 1.82. The van der Waals surface area contributed by atoms with Crippen molar-refractivity contribution in [3.8, 4) is 5.75 Å². The predicted octanol–water partition coefficient (Wildman–Crippen LogP) is 0.984. The molecule has 1 heterocycles. The fourth-order valence-corrected chi connectivity index (χ4v) is 3.08. The Morgan fingerprint density at radius 1 is 1.30 bits per heavy atom. The van der Waals surface area contributed by atoms with Crippen LogP contribution in [0, 0.1) is 0 Å². The molecule has 0 saturated carbocycles. The Labute approximate surface area is 140 Å². The Kier molecular flexibility index (Phi) is 6.18. The van der Waals surface area contributed by atoms with Gasteiger partial charge < -0.3 is 21.1 Å². The molecule has 0 aliphatic heterocycles. The van der Waals surface area contributed by atoms with Crippen LogP contribution in [0.1, 0.15) is 0 Å². The van der Waals surface area contributed by atoms with E-state index in [-0.39, 0.29) is 18.2 Å². The standard InChI is InChI=1S/C13H15N5O3S2/c1-21-9-4-2-8(3-5-9)16-12-17-18-13(23-12)22-7-11(20)15-6-10(14)19/h2-5H,6-7H2,1H3,(H2,14,19)(H,15,20)(H,16,17).